The molecule has 8 nitrogen and oxygen atoms in total. The van der Waals surface area contributed by atoms with Crippen molar-refractivity contribution in [3.63, 3.8) is 0 Å². The molecular formula is C13H8FN3O5. The summed E-state index contributed by atoms with van der Waals surface area (Å²) < 4.78 is 12.8. The van der Waals surface area contributed by atoms with Crippen LogP contribution < -0.4 is 0 Å². The van der Waals surface area contributed by atoms with E-state index in [0.717, 1.165) is 24.4 Å². The van der Waals surface area contributed by atoms with Gasteiger partial charge < -0.3 is 5.11 Å². The van der Waals surface area contributed by atoms with Crippen LogP contribution in [-0.2, 0) is 0 Å². The van der Waals surface area contributed by atoms with Gasteiger partial charge in [-0.3, -0.25) is 25.2 Å². The van der Waals surface area contributed by atoms with Gasteiger partial charge in [0.1, 0.15) is 5.82 Å². The number of aromatic hydroxyl groups is 1. The van der Waals surface area contributed by atoms with Gasteiger partial charge in [-0.15, -0.1) is 0 Å². The van der Waals surface area contributed by atoms with Crippen LogP contribution in [-0.4, -0.2) is 21.2 Å². The van der Waals surface area contributed by atoms with Crippen molar-refractivity contribution in [3.05, 3.63) is 68.0 Å². The molecule has 0 aromatic heterocycles. The molecule has 0 spiro atoms. The second-order valence-electron chi connectivity index (χ2n) is 4.15. The number of nitro benzene ring substituents is 2. The molecule has 0 unspecified atom stereocenters. The third-order valence-electron chi connectivity index (χ3n) is 2.69. The lowest BCUT2D eigenvalue weighted by molar-refractivity contribution is -0.394. The first-order chi connectivity index (χ1) is 10.4. The highest BCUT2D eigenvalue weighted by atomic mass is 19.1. The average Bonchev–Trinajstić information content (AvgIpc) is 2.47. The Labute approximate surface area is 122 Å². The fraction of sp³-hybridized carbons (Fsp3) is 0. The lowest BCUT2D eigenvalue weighted by atomic mass is 10.1. The molecule has 0 heterocycles. The van der Waals surface area contributed by atoms with E-state index in [2.05, 4.69) is 4.99 Å². The third kappa shape index (κ3) is 3.20. The molecule has 0 atom stereocenters. The van der Waals surface area contributed by atoms with E-state index in [1.54, 1.807) is 0 Å². The molecule has 2 aromatic carbocycles. The summed E-state index contributed by atoms with van der Waals surface area (Å²) in [5, 5.41) is 31.3. The van der Waals surface area contributed by atoms with Gasteiger partial charge in [0.25, 0.3) is 5.69 Å². The minimum Gasteiger partial charge on any atom is -0.502 e. The van der Waals surface area contributed by atoms with E-state index >= 15 is 0 Å². The van der Waals surface area contributed by atoms with Crippen molar-refractivity contribution in [3.8, 4) is 5.75 Å². The number of non-ortho nitro benzene ring substituents is 1. The topological polar surface area (TPSA) is 119 Å². The molecule has 9 heteroatoms. The SMILES string of the molecule is O=[N+]([O-])c1cc(C=Nc2ccc(F)cc2)c(O)c([N+](=O)[O-])c1. The molecule has 0 aliphatic rings. The van der Waals surface area contributed by atoms with Crippen molar-refractivity contribution in [2.24, 2.45) is 4.99 Å². The molecule has 0 aliphatic carbocycles. The zero-order valence-electron chi connectivity index (χ0n) is 10.8. The van der Waals surface area contributed by atoms with Crippen molar-refractivity contribution in [2.45, 2.75) is 0 Å². The number of benzene rings is 2. The van der Waals surface area contributed by atoms with Crippen molar-refractivity contribution in [1.82, 2.24) is 0 Å². The molecule has 0 radical (unpaired) electrons. The number of aliphatic imine (C=N–C) groups is 1. The molecular weight excluding hydrogens is 297 g/mol. The predicted molar refractivity (Wildman–Crippen MR) is 75.1 cm³/mol. The molecule has 112 valence electrons. The molecule has 0 saturated heterocycles. The summed E-state index contributed by atoms with van der Waals surface area (Å²) in [6.45, 7) is 0. The van der Waals surface area contributed by atoms with Gasteiger partial charge >= 0.3 is 5.69 Å². The van der Waals surface area contributed by atoms with Crippen molar-refractivity contribution < 1.29 is 19.3 Å². The predicted octanol–water partition coefficient (Wildman–Crippen LogP) is 3.10. The molecule has 2 aromatic rings. The summed E-state index contributed by atoms with van der Waals surface area (Å²) in [4.78, 5) is 23.7. The molecule has 2 rings (SSSR count). The summed E-state index contributed by atoms with van der Waals surface area (Å²) in [6, 6.07) is 6.61. The zero-order valence-corrected chi connectivity index (χ0v) is 10.8. The van der Waals surface area contributed by atoms with Crippen molar-refractivity contribution in [1.29, 1.82) is 0 Å². The number of hydrogen-bond donors (Lipinski definition) is 1. The van der Waals surface area contributed by atoms with Crippen LogP contribution in [0.25, 0.3) is 0 Å². The van der Waals surface area contributed by atoms with E-state index in [1.807, 2.05) is 0 Å². The number of halogens is 1. The van der Waals surface area contributed by atoms with E-state index in [9.17, 15) is 29.7 Å². The Morgan fingerprint density at radius 2 is 1.73 bits per heavy atom. The average molecular weight is 305 g/mol. The zero-order chi connectivity index (χ0) is 16.3. The normalized spacial score (nSPS) is 10.8. The van der Waals surface area contributed by atoms with Crippen LogP contribution >= 0.6 is 0 Å². The van der Waals surface area contributed by atoms with Crippen molar-refractivity contribution in [2.75, 3.05) is 0 Å². The second kappa shape index (κ2) is 5.95. The highest BCUT2D eigenvalue weighted by Crippen LogP contribution is 2.33. The largest absolute Gasteiger partial charge is 0.502 e. The maximum absolute atomic E-state index is 12.8. The maximum Gasteiger partial charge on any atom is 0.318 e. The Hall–Kier alpha value is -3.36. The van der Waals surface area contributed by atoms with Crippen LogP contribution in [0.1, 0.15) is 5.56 Å². The van der Waals surface area contributed by atoms with Gasteiger partial charge in [-0.2, -0.15) is 0 Å². The Morgan fingerprint density at radius 3 is 2.27 bits per heavy atom. The fourth-order valence-corrected chi connectivity index (χ4v) is 1.64. The van der Waals surface area contributed by atoms with E-state index in [-0.39, 0.29) is 5.56 Å². The fourth-order valence-electron chi connectivity index (χ4n) is 1.64. The minimum atomic E-state index is -0.933. The van der Waals surface area contributed by atoms with Crippen molar-refractivity contribution >= 4 is 23.3 Å². The smallest absolute Gasteiger partial charge is 0.318 e. The number of nitro groups is 2. The first kappa shape index (κ1) is 15.0. The molecule has 22 heavy (non-hydrogen) atoms. The summed E-state index contributed by atoms with van der Waals surface area (Å²) in [5.41, 5.74) is -1.22. The standard InChI is InChI=1S/C13H8FN3O5/c14-9-1-3-10(4-2-9)15-7-8-5-11(16(19)20)6-12(13(8)18)17(21)22/h1-7,18H. The first-order valence-corrected chi connectivity index (χ1v) is 5.84. The molecule has 1 N–H and O–H groups in total. The van der Waals surface area contributed by atoms with E-state index in [4.69, 9.17) is 0 Å². The quantitative estimate of drug-likeness (QED) is 0.528. The van der Waals surface area contributed by atoms with E-state index in [1.165, 1.54) is 12.1 Å². The molecule has 0 aliphatic heterocycles. The summed E-state index contributed by atoms with van der Waals surface area (Å²) in [7, 11) is 0. The van der Waals surface area contributed by atoms with Gasteiger partial charge in [0.2, 0.25) is 5.75 Å². The highest BCUT2D eigenvalue weighted by molar-refractivity contribution is 5.88. The number of phenols is 1. The molecule has 0 amide bonds. The van der Waals surface area contributed by atoms with E-state index in [0.29, 0.717) is 11.8 Å². The summed E-state index contributed by atoms with van der Waals surface area (Å²) in [5.74, 6) is -1.20. The second-order valence-corrected chi connectivity index (χ2v) is 4.15. The molecule has 0 bridgehead atoms. The van der Waals surface area contributed by atoms with Gasteiger partial charge in [0, 0.05) is 17.8 Å². The van der Waals surface area contributed by atoms with Crippen LogP contribution in [0.15, 0.2) is 41.4 Å². The number of phenolic OH excluding ortho intramolecular Hbond substituents is 1. The maximum atomic E-state index is 12.8. The number of hydrogen-bond acceptors (Lipinski definition) is 6. The van der Waals surface area contributed by atoms with E-state index < -0.39 is 32.8 Å². The van der Waals surface area contributed by atoms with Gasteiger partial charge in [-0.05, 0) is 24.3 Å². The third-order valence-corrected chi connectivity index (χ3v) is 2.69. The summed E-state index contributed by atoms with van der Waals surface area (Å²) >= 11 is 0. The van der Waals surface area contributed by atoms with Crippen LogP contribution in [0.3, 0.4) is 0 Å². The Balaban J connectivity index is 2.47. The van der Waals surface area contributed by atoms with Crippen LogP contribution in [0.4, 0.5) is 21.5 Å². The highest BCUT2D eigenvalue weighted by Gasteiger charge is 2.22. The first-order valence-electron chi connectivity index (χ1n) is 5.84. The minimum absolute atomic E-state index is 0.190. The van der Waals surface area contributed by atoms with Crippen LogP contribution in [0.5, 0.6) is 5.75 Å². The Bertz CT molecular complexity index is 774. The molecule has 0 saturated carbocycles. The number of rotatable bonds is 4. The van der Waals surface area contributed by atoms with Gasteiger partial charge in [-0.1, -0.05) is 0 Å². The van der Waals surface area contributed by atoms with Crippen LogP contribution in [0.2, 0.25) is 0 Å². The monoisotopic (exact) mass is 305 g/mol. The lowest BCUT2D eigenvalue weighted by Crippen LogP contribution is -1.96. The van der Waals surface area contributed by atoms with Crippen LogP contribution in [0, 0.1) is 26.0 Å². The van der Waals surface area contributed by atoms with Gasteiger partial charge in [-0.25, -0.2) is 4.39 Å². The van der Waals surface area contributed by atoms with Gasteiger partial charge in [0.15, 0.2) is 0 Å². The molecule has 0 fully saturated rings. The lowest BCUT2D eigenvalue weighted by Gasteiger charge is -2.01. The number of nitrogens with zero attached hydrogens (tertiary/aromatic N) is 3. The summed E-state index contributed by atoms with van der Waals surface area (Å²) in [6.07, 6.45) is 1.03. The van der Waals surface area contributed by atoms with Gasteiger partial charge in [0.05, 0.1) is 21.6 Å². The Morgan fingerprint density at radius 1 is 1.09 bits per heavy atom. The Kier molecular flexibility index (Phi) is 4.07.